The molecule has 0 fully saturated rings. The van der Waals surface area contributed by atoms with Crippen LogP contribution in [0.25, 0.3) is 0 Å². The number of H-pyrrole nitrogens is 1. The van der Waals surface area contributed by atoms with Crippen LogP contribution < -0.4 is 5.32 Å². The van der Waals surface area contributed by atoms with E-state index in [1.165, 1.54) is 12.1 Å². The highest BCUT2D eigenvalue weighted by Crippen LogP contribution is 2.17. The Labute approximate surface area is 114 Å². The summed E-state index contributed by atoms with van der Waals surface area (Å²) in [6.45, 7) is 1.81. The van der Waals surface area contributed by atoms with Crippen molar-refractivity contribution >= 4 is 29.1 Å². The molecule has 0 aliphatic heterocycles. The molecule has 0 aliphatic rings. The van der Waals surface area contributed by atoms with Gasteiger partial charge in [-0.1, -0.05) is 23.2 Å². The summed E-state index contributed by atoms with van der Waals surface area (Å²) < 4.78 is 0. The molecule has 1 atom stereocenters. The van der Waals surface area contributed by atoms with Gasteiger partial charge in [-0.15, -0.1) is 0 Å². The molecule has 1 unspecified atom stereocenters. The van der Waals surface area contributed by atoms with Crippen LogP contribution in [0.15, 0.2) is 24.5 Å². The molecule has 0 radical (unpaired) electrons. The van der Waals surface area contributed by atoms with Crippen LogP contribution in [0.4, 0.5) is 0 Å². The van der Waals surface area contributed by atoms with E-state index in [1.807, 2.05) is 6.92 Å². The van der Waals surface area contributed by atoms with Gasteiger partial charge in [-0.2, -0.15) is 0 Å². The van der Waals surface area contributed by atoms with Crippen LogP contribution >= 0.6 is 23.2 Å². The van der Waals surface area contributed by atoms with Crippen molar-refractivity contribution in [3.8, 4) is 0 Å². The molecule has 0 aromatic carbocycles. The van der Waals surface area contributed by atoms with Gasteiger partial charge in [-0.25, -0.2) is 9.97 Å². The third kappa shape index (κ3) is 2.80. The molecular weight excluding hydrogens is 275 g/mol. The van der Waals surface area contributed by atoms with E-state index in [-0.39, 0.29) is 27.8 Å². The number of hydrogen-bond donors (Lipinski definition) is 2. The van der Waals surface area contributed by atoms with E-state index in [2.05, 4.69) is 20.3 Å². The number of carbonyl (C=O) groups is 1. The van der Waals surface area contributed by atoms with Crippen LogP contribution in [0.2, 0.25) is 10.3 Å². The first-order chi connectivity index (χ1) is 8.58. The highest BCUT2D eigenvalue weighted by atomic mass is 35.5. The smallest absolute Gasteiger partial charge is 0.254 e. The van der Waals surface area contributed by atoms with E-state index in [9.17, 15) is 4.79 Å². The fraction of sp³-hybridized carbons (Fsp3) is 0.182. The molecule has 2 N–H and O–H groups in total. The van der Waals surface area contributed by atoms with Crippen molar-refractivity contribution in [1.82, 2.24) is 20.3 Å². The van der Waals surface area contributed by atoms with Crippen molar-refractivity contribution in [3.05, 3.63) is 46.2 Å². The largest absolute Gasteiger partial charge is 0.347 e. The minimum atomic E-state index is -0.326. The zero-order valence-electron chi connectivity index (χ0n) is 9.45. The highest BCUT2D eigenvalue weighted by Gasteiger charge is 2.16. The first kappa shape index (κ1) is 12.9. The van der Waals surface area contributed by atoms with Crippen molar-refractivity contribution in [2.24, 2.45) is 0 Å². The van der Waals surface area contributed by atoms with E-state index in [0.717, 1.165) is 0 Å². The lowest BCUT2D eigenvalue weighted by Gasteiger charge is -2.11. The number of carbonyl (C=O) groups excluding carboxylic acids is 1. The number of aromatic nitrogens is 3. The molecule has 2 aromatic heterocycles. The molecule has 0 spiro atoms. The number of pyridine rings is 1. The van der Waals surface area contributed by atoms with Crippen LogP contribution in [0.5, 0.6) is 0 Å². The Kier molecular flexibility index (Phi) is 3.84. The molecule has 0 saturated heterocycles. The number of rotatable bonds is 3. The molecule has 0 saturated carbocycles. The SMILES string of the molecule is CC(NC(=O)c1ccc(Cl)nc1Cl)c1ncc[nH]1. The number of nitrogens with one attached hydrogen (secondary N) is 2. The Hall–Kier alpha value is -1.59. The molecule has 2 rings (SSSR count). The molecule has 1 amide bonds. The van der Waals surface area contributed by atoms with Crippen LogP contribution in [0.3, 0.4) is 0 Å². The molecule has 94 valence electrons. The Bertz CT molecular complexity index is 556. The van der Waals surface area contributed by atoms with Gasteiger partial charge in [0.25, 0.3) is 5.91 Å². The molecule has 7 heteroatoms. The molecule has 2 heterocycles. The average Bonchev–Trinajstić information content (AvgIpc) is 2.81. The first-order valence-electron chi connectivity index (χ1n) is 5.20. The summed E-state index contributed by atoms with van der Waals surface area (Å²) in [4.78, 5) is 22.8. The minimum absolute atomic E-state index is 0.0756. The lowest BCUT2D eigenvalue weighted by Crippen LogP contribution is -2.27. The maximum absolute atomic E-state index is 12.0. The molecule has 5 nitrogen and oxygen atoms in total. The maximum atomic E-state index is 12.0. The van der Waals surface area contributed by atoms with Crippen LogP contribution in [0.1, 0.15) is 29.1 Å². The van der Waals surface area contributed by atoms with Gasteiger partial charge in [-0.05, 0) is 19.1 Å². The standard InChI is InChI=1S/C11H10Cl2N4O/c1-6(10-14-4-5-15-10)16-11(18)7-2-3-8(12)17-9(7)13/h2-6H,1H3,(H,14,15)(H,16,18). The summed E-state index contributed by atoms with van der Waals surface area (Å²) >= 11 is 11.5. The topological polar surface area (TPSA) is 70.7 Å². The van der Waals surface area contributed by atoms with Crippen LogP contribution in [-0.4, -0.2) is 20.9 Å². The average molecular weight is 285 g/mol. The number of imidazole rings is 1. The molecule has 18 heavy (non-hydrogen) atoms. The lowest BCUT2D eigenvalue weighted by molar-refractivity contribution is 0.0938. The minimum Gasteiger partial charge on any atom is -0.347 e. The second-order valence-corrected chi connectivity index (χ2v) is 4.39. The molecule has 0 bridgehead atoms. The summed E-state index contributed by atoms with van der Waals surface area (Å²) in [5.74, 6) is 0.342. The van der Waals surface area contributed by atoms with Crippen molar-refractivity contribution in [3.63, 3.8) is 0 Å². The second kappa shape index (κ2) is 5.37. The van der Waals surface area contributed by atoms with Crippen molar-refractivity contribution in [1.29, 1.82) is 0 Å². The first-order valence-corrected chi connectivity index (χ1v) is 5.95. The monoisotopic (exact) mass is 284 g/mol. The maximum Gasteiger partial charge on any atom is 0.254 e. The third-order valence-electron chi connectivity index (χ3n) is 2.34. The van der Waals surface area contributed by atoms with E-state index >= 15 is 0 Å². The van der Waals surface area contributed by atoms with Crippen molar-refractivity contribution < 1.29 is 4.79 Å². The van der Waals surface area contributed by atoms with Gasteiger partial charge in [0.2, 0.25) is 0 Å². The number of aromatic amines is 1. The molecular formula is C11H10Cl2N4O. The fourth-order valence-electron chi connectivity index (χ4n) is 1.44. The Morgan fingerprint density at radius 1 is 1.44 bits per heavy atom. The van der Waals surface area contributed by atoms with Crippen molar-refractivity contribution in [2.45, 2.75) is 13.0 Å². The highest BCUT2D eigenvalue weighted by molar-refractivity contribution is 6.34. The normalized spacial score (nSPS) is 12.2. The number of nitrogens with zero attached hydrogens (tertiary/aromatic N) is 2. The summed E-state index contributed by atoms with van der Waals surface area (Å²) in [7, 11) is 0. The van der Waals surface area contributed by atoms with Crippen molar-refractivity contribution in [2.75, 3.05) is 0 Å². The lowest BCUT2D eigenvalue weighted by atomic mass is 10.2. The van der Waals surface area contributed by atoms with Gasteiger partial charge in [0.1, 0.15) is 16.1 Å². The summed E-state index contributed by atoms with van der Waals surface area (Å²) in [5.41, 5.74) is 0.277. The number of halogens is 2. The summed E-state index contributed by atoms with van der Waals surface area (Å²) in [6.07, 6.45) is 3.31. The second-order valence-electron chi connectivity index (χ2n) is 3.64. The zero-order chi connectivity index (χ0) is 13.1. The zero-order valence-corrected chi connectivity index (χ0v) is 11.0. The number of hydrogen-bond acceptors (Lipinski definition) is 3. The quantitative estimate of drug-likeness (QED) is 0.851. The Balaban J connectivity index is 2.12. The summed E-state index contributed by atoms with van der Waals surface area (Å²) in [6, 6.07) is 2.79. The van der Waals surface area contributed by atoms with E-state index in [4.69, 9.17) is 23.2 Å². The Morgan fingerprint density at radius 2 is 2.22 bits per heavy atom. The van der Waals surface area contributed by atoms with Gasteiger partial charge in [-0.3, -0.25) is 4.79 Å². The summed E-state index contributed by atoms with van der Waals surface area (Å²) in [5, 5.41) is 3.08. The fourth-order valence-corrected chi connectivity index (χ4v) is 1.87. The van der Waals surface area contributed by atoms with E-state index in [0.29, 0.717) is 5.82 Å². The van der Waals surface area contributed by atoms with Crippen LogP contribution in [-0.2, 0) is 0 Å². The van der Waals surface area contributed by atoms with Gasteiger partial charge in [0, 0.05) is 12.4 Å². The van der Waals surface area contributed by atoms with E-state index in [1.54, 1.807) is 12.4 Å². The van der Waals surface area contributed by atoms with Gasteiger partial charge in [0.05, 0.1) is 11.6 Å². The van der Waals surface area contributed by atoms with Gasteiger partial charge >= 0.3 is 0 Å². The van der Waals surface area contributed by atoms with Gasteiger partial charge in [0.15, 0.2) is 0 Å². The Morgan fingerprint density at radius 3 is 2.83 bits per heavy atom. The van der Waals surface area contributed by atoms with Crippen LogP contribution in [0, 0.1) is 0 Å². The molecule has 2 aromatic rings. The van der Waals surface area contributed by atoms with E-state index < -0.39 is 0 Å². The number of amides is 1. The molecule has 0 aliphatic carbocycles. The van der Waals surface area contributed by atoms with Gasteiger partial charge < -0.3 is 10.3 Å². The predicted octanol–water partition coefficient (Wildman–Crippen LogP) is 2.60. The predicted molar refractivity (Wildman–Crippen MR) is 68.7 cm³/mol. The third-order valence-corrected chi connectivity index (χ3v) is 2.84.